The predicted octanol–water partition coefficient (Wildman–Crippen LogP) is 6.79. The number of halogens is 2. The molecule has 0 bridgehead atoms. The van der Waals surface area contributed by atoms with Crippen molar-refractivity contribution in [2.45, 2.75) is 4.90 Å². The second-order valence-corrected chi connectivity index (χ2v) is 8.46. The number of carbonyl (C=O) groups is 1. The molecule has 148 valence electrons. The second-order valence-electron chi connectivity index (χ2n) is 6.08. The number of hydrogen-bond acceptors (Lipinski definition) is 3. The first-order valence-electron chi connectivity index (χ1n) is 8.81. The molecule has 0 unspecified atom stereocenters. The lowest BCUT2D eigenvalue weighted by atomic mass is 9.98. The lowest BCUT2D eigenvalue weighted by Gasteiger charge is -2.10. The van der Waals surface area contributed by atoms with Crippen LogP contribution in [0.5, 0.6) is 5.75 Å². The van der Waals surface area contributed by atoms with Crippen molar-refractivity contribution in [2.75, 3.05) is 12.4 Å². The van der Waals surface area contributed by atoms with E-state index in [9.17, 15) is 4.79 Å². The van der Waals surface area contributed by atoms with Crippen molar-refractivity contribution >= 4 is 50.8 Å². The lowest BCUT2D eigenvalue weighted by Crippen LogP contribution is -2.09. The van der Waals surface area contributed by atoms with Crippen molar-refractivity contribution in [3.05, 3.63) is 99.5 Å². The van der Waals surface area contributed by atoms with E-state index in [1.165, 1.54) is 0 Å². The van der Waals surface area contributed by atoms with Gasteiger partial charge in [0.1, 0.15) is 5.75 Å². The van der Waals surface area contributed by atoms with Crippen LogP contribution in [0.4, 0.5) is 0 Å². The van der Waals surface area contributed by atoms with Crippen LogP contribution in [0.15, 0.2) is 88.2 Å². The Kier molecular flexibility index (Phi) is 7.81. The molecule has 0 saturated carbocycles. The summed E-state index contributed by atoms with van der Waals surface area (Å²) in [4.78, 5) is 11.5. The first-order valence-corrected chi connectivity index (χ1v) is 11.0. The highest BCUT2D eigenvalue weighted by Gasteiger charge is 2.08. The van der Waals surface area contributed by atoms with E-state index in [2.05, 4.69) is 46.3 Å². The van der Waals surface area contributed by atoms with Crippen LogP contribution in [0.1, 0.15) is 11.1 Å². The van der Waals surface area contributed by atoms with Gasteiger partial charge >= 0.3 is 5.97 Å². The summed E-state index contributed by atoms with van der Waals surface area (Å²) in [7, 11) is 0. The summed E-state index contributed by atoms with van der Waals surface area (Å²) in [6.07, 6.45) is 2.19. The van der Waals surface area contributed by atoms with Crippen LogP contribution in [-0.2, 0) is 4.79 Å². The second kappa shape index (κ2) is 10.5. The van der Waals surface area contributed by atoms with Gasteiger partial charge in [-0.05, 0) is 47.0 Å². The number of thioether (sulfide) groups is 1. The van der Waals surface area contributed by atoms with Crippen LogP contribution < -0.4 is 4.74 Å². The van der Waals surface area contributed by atoms with Crippen LogP contribution in [-0.4, -0.2) is 23.4 Å². The maximum atomic E-state index is 10.6. The zero-order chi connectivity index (χ0) is 20.6. The van der Waals surface area contributed by atoms with Crippen molar-refractivity contribution < 1.29 is 14.6 Å². The number of ether oxygens (including phenoxy) is 1. The van der Waals surface area contributed by atoms with Gasteiger partial charge in [-0.25, -0.2) is 4.79 Å². The summed E-state index contributed by atoms with van der Waals surface area (Å²) < 4.78 is 6.20. The van der Waals surface area contributed by atoms with Crippen LogP contribution in [0.2, 0.25) is 5.02 Å². The fourth-order valence-corrected chi connectivity index (χ4v) is 4.25. The molecule has 3 aromatic carbocycles. The smallest absolute Gasteiger partial charge is 0.341 e. The molecule has 0 aliphatic rings. The van der Waals surface area contributed by atoms with Gasteiger partial charge in [-0.2, -0.15) is 0 Å². The largest absolute Gasteiger partial charge is 0.482 e. The Balaban J connectivity index is 1.77. The zero-order valence-electron chi connectivity index (χ0n) is 15.3. The number of benzene rings is 3. The zero-order valence-corrected chi connectivity index (χ0v) is 18.5. The average Bonchev–Trinajstić information content (AvgIpc) is 2.71. The molecule has 0 aromatic heterocycles. The van der Waals surface area contributed by atoms with Gasteiger partial charge in [-0.3, -0.25) is 0 Å². The molecule has 3 rings (SSSR count). The number of aliphatic carboxylic acids is 1. The summed E-state index contributed by atoms with van der Waals surface area (Å²) in [5, 5.41) is 9.24. The molecular formula is C23H18BrClO3S. The summed E-state index contributed by atoms with van der Waals surface area (Å²) in [5.74, 6) is 0.147. The standard InChI is InChI=1S/C23H18BrClO3S/c24-18-8-4-7-17(13-18)20(16-5-2-1-3-6-16)11-12-29-22-10-9-19(14-21(22)25)28-15-23(26)27/h1-11,13-14H,12,15H2,(H,26,27). The molecule has 6 heteroatoms. The van der Waals surface area contributed by atoms with Crippen molar-refractivity contribution in [1.29, 1.82) is 0 Å². The molecule has 0 heterocycles. The summed E-state index contributed by atoms with van der Waals surface area (Å²) in [6.45, 7) is -0.390. The van der Waals surface area contributed by atoms with Crippen molar-refractivity contribution in [3.63, 3.8) is 0 Å². The van der Waals surface area contributed by atoms with Crippen molar-refractivity contribution in [2.24, 2.45) is 0 Å². The topological polar surface area (TPSA) is 46.5 Å². The van der Waals surface area contributed by atoms with Gasteiger partial charge in [0, 0.05) is 15.1 Å². The Morgan fingerprint density at radius 3 is 2.48 bits per heavy atom. The quantitative estimate of drug-likeness (QED) is 0.354. The van der Waals surface area contributed by atoms with Crippen molar-refractivity contribution in [3.8, 4) is 5.75 Å². The summed E-state index contributed by atoms with van der Waals surface area (Å²) in [6, 6.07) is 23.7. The molecule has 0 saturated heterocycles. The van der Waals surface area contributed by atoms with Crippen LogP contribution in [0.25, 0.3) is 5.57 Å². The Morgan fingerprint density at radius 1 is 1.03 bits per heavy atom. The SMILES string of the molecule is O=C(O)COc1ccc(SCC=C(c2ccccc2)c2cccc(Br)c2)c(Cl)c1. The normalized spacial score (nSPS) is 11.3. The highest BCUT2D eigenvalue weighted by atomic mass is 79.9. The van der Waals surface area contributed by atoms with Crippen LogP contribution in [0.3, 0.4) is 0 Å². The third-order valence-corrected chi connectivity index (χ3v) is 5.93. The molecule has 0 aliphatic heterocycles. The van der Waals surface area contributed by atoms with Crippen molar-refractivity contribution in [1.82, 2.24) is 0 Å². The average molecular weight is 490 g/mol. The third kappa shape index (κ3) is 6.39. The van der Waals surface area contributed by atoms with E-state index in [0.29, 0.717) is 10.8 Å². The number of hydrogen-bond donors (Lipinski definition) is 1. The van der Waals surface area contributed by atoms with Gasteiger partial charge in [0.25, 0.3) is 0 Å². The highest BCUT2D eigenvalue weighted by molar-refractivity contribution is 9.10. The minimum atomic E-state index is -1.02. The maximum Gasteiger partial charge on any atom is 0.341 e. The van der Waals surface area contributed by atoms with Gasteiger partial charge in [-0.1, -0.05) is 76.1 Å². The van der Waals surface area contributed by atoms with E-state index in [1.54, 1.807) is 23.9 Å². The highest BCUT2D eigenvalue weighted by Crippen LogP contribution is 2.32. The molecule has 3 nitrogen and oxygen atoms in total. The molecule has 0 aliphatic carbocycles. The van der Waals surface area contributed by atoms with E-state index in [4.69, 9.17) is 21.4 Å². The van der Waals surface area contributed by atoms with E-state index in [0.717, 1.165) is 31.8 Å². The fourth-order valence-electron chi connectivity index (χ4n) is 2.72. The first-order chi connectivity index (χ1) is 14.0. The monoisotopic (exact) mass is 488 g/mol. The van der Waals surface area contributed by atoms with E-state index < -0.39 is 12.6 Å². The number of carboxylic acids is 1. The molecule has 0 amide bonds. The molecule has 29 heavy (non-hydrogen) atoms. The van der Waals surface area contributed by atoms with Gasteiger partial charge in [0.15, 0.2) is 6.61 Å². The molecule has 0 spiro atoms. The number of carboxylic acid groups (broad SMARTS) is 1. The molecule has 3 aromatic rings. The Bertz CT molecular complexity index is 1020. The van der Waals surface area contributed by atoms with E-state index in [-0.39, 0.29) is 0 Å². The molecular weight excluding hydrogens is 472 g/mol. The summed E-state index contributed by atoms with van der Waals surface area (Å²) >= 11 is 11.5. The predicted molar refractivity (Wildman–Crippen MR) is 123 cm³/mol. The maximum absolute atomic E-state index is 10.6. The Hall–Kier alpha value is -2.21. The van der Waals surface area contributed by atoms with Gasteiger partial charge in [-0.15, -0.1) is 11.8 Å². The van der Waals surface area contributed by atoms with Gasteiger partial charge < -0.3 is 9.84 Å². The lowest BCUT2D eigenvalue weighted by molar-refractivity contribution is -0.139. The minimum Gasteiger partial charge on any atom is -0.482 e. The Morgan fingerprint density at radius 2 is 1.79 bits per heavy atom. The van der Waals surface area contributed by atoms with Gasteiger partial charge in [0.2, 0.25) is 0 Å². The van der Waals surface area contributed by atoms with E-state index in [1.807, 2.05) is 36.4 Å². The fraction of sp³-hybridized carbons (Fsp3) is 0.0870. The molecule has 0 atom stereocenters. The third-order valence-electron chi connectivity index (χ3n) is 4.01. The molecule has 1 N–H and O–H groups in total. The van der Waals surface area contributed by atoms with E-state index >= 15 is 0 Å². The minimum absolute atomic E-state index is 0.390. The molecule has 0 radical (unpaired) electrons. The first kappa shape index (κ1) is 21.5. The van der Waals surface area contributed by atoms with Crippen LogP contribution >= 0.6 is 39.3 Å². The molecule has 0 fully saturated rings. The summed E-state index contributed by atoms with van der Waals surface area (Å²) in [5.41, 5.74) is 3.43. The van der Waals surface area contributed by atoms with Gasteiger partial charge in [0.05, 0.1) is 5.02 Å². The Labute approximate surface area is 187 Å². The van der Waals surface area contributed by atoms with Crippen LogP contribution in [0, 0.1) is 0 Å². The number of rotatable bonds is 8.